The van der Waals surface area contributed by atoms with Crippen LogP contribution in [0, 0.1) is 6.92 Å². The number of amides is 1. The van der Waals surface area contributed by atoms with E-state index < -0.39 is 12.1 Å². The molecule has 3 aromatic carbocycles. The van der Waals surface area contributed by atoms with Crippen molar-refractivity contribution in [2.45, 2.75) is 20.0 Å². The average molecular weight is 433 g/mol. The minimum Gasteiger partial charge on any atom is -0.481 e. The lowest BCUT2D eigenvalue weighted by molar-refractivity contribution is -0.136. The Balaban J connectivity index is 1.54. The van der Waals surface area contributed by atoms with Crippen LogP contribution in [0.15, 0.2) is 66.7 Å². The van der Waals surface area contributed by atoms with Gasteiger partial charge in [-0.25, -0.2) is 4.79 Å². The van der Waals surface area contributed by atoms with Gasteiger partial charge in [-0.05, 0) is 52.0 Å². The Bertz CT molecular complexity index is 1250. The number of aromatic nitrogens is 1. The van der Waals surface area contributed by atoms with Gasteiger partial charge in [-0.15, -0.1) is 0 Å². The summed E-state index contributed by atoms with van der Waals surface area (Å²) >= 11 is 1.31. The molecule has 0 saturated carbocycles. The number of carbonyl (C=O) groups excluding carboxylic acids is 1. The number of nitrogens with one attached hydrogen (secondary N) is 1. The fourth-order valence-corrected chi connectivity index (χ4v) is 4.14. The molecule has 0 spiro atoms. The van der Waals surface area contributed by atoms with Crippen LogP contribution < -0.4 is 5.32 Å². The van der Waals surface area contributed by atoms with E-state index in [4.69, 9.17) is 9.84 Å². The van der Waals surface area contributed by atoms with Crippen LogP contribution in [0.4, 0.5) is 10.5 Å². The quantitative estimate of drug-likeness (QED) is 0.411. The first-order valence-electron chi connectivity index (χ1n) is 9.68. The second-order valence-electron chi connectivity index (χ2n) is 7.13. The Kier molecular flexibility index (Phi) is 5.95. The molecule has 2 N–H and O–H groups in total. The SMILES string of the molecule is Cc1nsc(-c2ccc3cc(CC(=O)O)ccc3c2)c1NC(=O)OCc1ccccc1. The van der Waals surface area contributed by atoms with Crippen LogP contribution in [-0.4, -0.2) is 21.5 Å². The predicted molar refractivity (Wildman–Crippen MR) is 121 cm³/mol. The first-order chi connectivity index (χ1) is 15.0. The van der Waals surface area contributed by atoms with Crippen molar-refractivity contribution < 1.29 is 19.4 Å². The van der Waals surface area contributed by atoms with Crippen molar-refractivity contribution in [2.75, 3.05) is 5.32 Å². The summed E-state index contributed by atoms with van der Waals surface area (Å²) in [6, 6.07) is 21.0. The van der Waals surface area contributed by atoms with Gasteiger partial charge in [0.05, 0.1) is 22.7 Å². The second-order valence-corrected chi connectivity index (χ2v) is 7.90. The van der Waals surface area contributed by atoms with E-state index in [1.165, 1.54) is 11.5 Å². The third kappa shape index (κ3) is 4.90. The number of nitrogens with zero attached hydrogens (tertiary/aromatic N) is 1. The maximum absolute atomic E-state index is 12.4. The van der Waals surface area contributed by atoms with E-state index in [0.717, 1.165) is 32.3 Å². The molecule has 1 heterocycles. The molecule has 0 saturated heterocycles. The summed E-state index contributed by atoms with van der Waals surface area (Å²) in [4.78, 5) is 24.1. The second kappa shape index (κ2) is 8.97. The maximum Gasteiger partial charge on any atom is 0.412 e. The fourth-order valence-electron chi connectivity index (χ4n) is 3.30. The molecule has 4 aromatic rings. The average Bonchev–Trinajstić information content (AvgIpc) is 3.12. The summed E-state index contributed by atoms with van der Waals surface area (Å²) in [6.45, 7) is 2.03. The van der Waals surface area contributed by atoms with E-state index in [-0.39, 0.29) is 13.0 Å². The molecule has 0 radical (unpaired) electrons. The number of carboxylic acid groups (broad SMARTS) is 1. The number of hydrogen-bond acceptors (Lipinski definition) is 5. The van der Waals surface area contributed by atoms with Crippen LogP contribution in [0.3, 0.4) is 0 Å². The Labute approximate surface area is 183 Å². The normalized spacial score (nSPS) is 10.7. The van der Waals surface area contributed by atoms with Gasteiger partial charge in [0.25, 0.3) is 0 Å². The Morgan fingerprint density at radius 1 is 1.00 bits per heavy atom. The van der Waals surface area contributed by atoms with Gasteiger partial charge in [0.1, 0.15) is 6.61 Å². The minimum absolute atomic E-state index is 0.00904. The van der Waals surface area contributed by atoms with Crippen molar-refractivity contribution in [1.82, 2.24) is 4.37 Å². The maximum atomic E-state index is 12.4. The van der Waals surface area contributed by atoms with Crippen molar-refractivity contribution in [3.8, 4) is 10.4 Å². The summed E-state index contributed by atoms with van der Waals surface area (Å²) in [7, 11) is 0. The lowest BCUT2D eigenvalue weighted by Crippen LogP contribution is -2.14. The number of carbonyl (C=O) groups is 2. The minimum atomic E-state index is -0.856. The van der Waals surface area contributed by atoms with Crippen molar-refractivity contribution >= 4 is 40.1 Å². The van der Waals surface area contributed by atoms with E-state index >= 15 is 0 Å². The molecule has 0 aliphatic rings. The number of ether oxygens (including phenoxy) is 1. The lowest BCUT2D eigenvalue weighted by atomic mass is 10.0. The molecule has 4 rings (SSSR count). The zero-order valence-electron chi connectivity index (χ0n) is 16.8. The van der Waals surface area contributed by atoms with Crippen molar-refractivity contribution in [2.24, 2.45) is 0 Å². The van der Waals surface area contributed by atoms with E-state index in [2.05, 4.69) is 9.69 Å². The van der Waals surface area contributed by atoms with Gasteiger partial charge in [0.2, 0.25) is 0 Å². The number of aryl methyl sites for hydroxylation is 1. The molecular formula is C24H20N2O4S. The number of aliphatic carboxylic acids is 1. The van der Waals surface area contributed by atoms with Crippen molar-refractivity contribution in [3.63, 3.8) is 0 Å². The standard InChI is InChI=1S/C24H20N2O4S/c1-15-22(25-24(29)30-14-16-5-3-2-4-6-16)23(31-26-15)20-10-9-18-11-17(12-21(27)28)7-8-19(18)13-20/h2-11,13H,12,14H2,1H3,(H,25,29)(H,27,28). The molecule has 7 heteroatoms. The van der Waals surface area contributed by atoms with Gasteiger partial charge in [-0.2, -0.15) is 4.37 Å². The highest BCUT2D eigenvalue weighted by molar-refractivity contribution is 7.10. The molecule has 0 aliphatic carbocycles. The van der Waals surface area contributed by atoms with Crippen LogP contribution in [0.5, 0.6) is 0 Å². The number of fused-ring (bicyclic) bond motifs is 1. The molecule has 1 aromatic heterocycles. The molecule has 1 amide bonds. The molecule has 0 atom stereocenters. The highest BCUT2D eigenvalue weighted by Gasteiger charge is 2.16. The van der Waals surface area contributed by atoms with Crippen LogP contribution in [0.2, 0.25) is 0 Å². The van der Waals surface area contributed by atoms with E-state index in [9.17, 15) is 9.59 Å². The zero-order valence-corrected chi connectivity index (χ0v) is 17.6. The van der Waals surface area contributed by atoms with Gasteiger partial charge in [-0.1, -0.05) is 60.7 Å². The summed E-state index contributed by atoms with van der Waals surface area (Å²) in [5.41, 5.74) is 3.93. The molecule has 0 aliphatic heterocycles. The largest absolute Gasteiger partial charge is 0.481 e. The Morgan fingerprint density at radius 3 is 2.52 bits per heavy atom. The number of anilines is 1. The topological polar surface area (TPSA) is 88.5 Å². The smallest absolute Gasteiger partial charge is 0.412 e. The number of hydrogen-bond donors (Lipinski definition) is 2. The zero-order chi connectivity index (χ0) is 21.8. The van der Waals surface area contributed by atoms with Gasteiger partial charge < -0.3 is 9.84 Å². The van der Waals surface area contributed by atoms with Gasteiger partial charge in [-0.3, -0.25) is 10.1 Å². The van der Waals surface area contributed by atoms with Gasteiger partial charge >= 0.3 is 12.1 Å². The molecule has 0 fully saturated rings. The monoisotopic (exact) mass is 432 g/mol. The number of rotatable bonds is 6. The van der Waals surface area contributed by atoms with Crippen molar-refractivity contribution in [1.29, 1.82) is 0 Å². The number of benzene rings is 3. The summed E-state index contributed by atoms with van der Waals surface area (Å²) in [6.07, 6.45) is -0.544. The predicted octanol–water partition coefficient (Wildman–Crippen LogP) is 5.65. The first kappa shape index (κ1) is 20.6. The first-order valence-corrected chi connectivity index (χ1v) is 10.5. The third-order valence-corrected chi connectivity index (χ3v) is 5.81. The number of carboxylic acids is 1. The van der Waals surface area contributed by atoms with E-state index in [1.54, 1.807) is 0 Å². The molecule has 6 nitrogen and oxygen atoms in total. The molecular weight excluding hydrogens is 412 g/mol. The van der Waals surface area contributed by atoms with Gasteiger partial charge in [0, 0.05) is 0 Å². The van der Waals surface area contributed by atoms with Crippen LogP contribution in [-0.2, 0) is 22.6 Å². The fraction of sp³-hybridized carbons (Fsp3) is 0.125. The molecule has 0 unspecified atom stereocenters. The summed E-state index contributed by atoms with van der Waals surface area (Å²) < 4.78 is 9.74. The van der Waals surface area contributed by atoms with Crippen LogP contribution in [0.25, 0.3) is 21.2 Å². The van der Waals surface area contributed by atoms with Crippen molar-refractivity contribution in [3.05, 3.63) is 83.6 Å². The Morgan fingerprint density at radius 2 is 1.74 bits per heavy atom. The van der Waals surface area contributed by atoms with Crippen LogP contribution >= 0.6 is 11.5 Å². The van der Waals surface area contributed by atoms with E-state index in [0.29, 0.717) is 11.4 Å². The highest BCUT2D eigenvalue weighted by atomic mass is 32.1. The lowest BCUT2D eigenvalue weighted by Gasteiger charge is -2.09. The summed E-state index contributed by atoms with van der Waals surface area (Å²) in [5, 5.41) is 13.8. The summed E-state index contributed by atoms with van der Waals surface area (Å²) in [5.74, 6) is -0.856. The molecule has 156 valence electrons. The Hall–Kier alpha value is -3.71. The molecule has 0 bridgehead atoms. The highest BCUT2D eigenvalue weighted by Crippen LogP contribution is 2.36. The molecule has 31 heavy (non-hydrogen) atoms. The van der Waals surface area contributed by atoms with E-state index in [1.807, 2.05) is 73.7 Å². The van der Waals surface area contributed by atoms with Gasteiger partial charge in [0.15, 0.2) is 0 Å². The third-order valence-electron chi connectivity index (χ3n) is 4.82. The van der Waals surface area contributed by atoms with Crippen LogP contribution in [0.1, 0.15) is 16.8 Å².